The van der Waals surface area contributed by atoms with E-state index in [-0.39, 0.29) is 6.15 Å². The van der Waals surface area contributed by atoms with Crippen molar-refractivity contribution < 1.29 is 14.9 Å². The summed E-state index contributed by atoms with van der Waals surface area (Å²) in [5, 5.41) is 9.26. The molecule has 0 aliphatic carbocycles. The molecule has 0 aromatic heterocycles. The van der Waals surface area contributed by atoms with Gasteiger partial charge in [0.25, 0.3) is 0 Å². The van der Waals surface area contributed by atoms with Gasteiger partial charge in [-0.15, -0.1) is 0 Å². The summed E-state index contributed by atoms with van der Waals surface area (Å²) in [6, 6.07) is 0. The maximum atomic E-state index is 7.53. The van der Waals surface area contributed by atoms with Crippen molar-refractivity contribution in [2.75, 3.05) is 0 Å². The van der Waals surface area contributed by atoms with E-state index in [1.807, 2.05) is 0 Å². The predicted octanol–water partition coefficient (Wildman–Crippen LogP) is 0.824. The maximum absolute atomic E-state index is 7.53. The molecule has 0 aromatic rings. The van der Waals surface area contributed by atoms with E-state index in [1.54, 1.807) is 5.40 Å². The van der Waals surface area contributed by atoms with Gasteiger partial charge >= 0.3 is 35.7 Å². The Balaban J connectivity index is 0. The van der Waals surface area contributed by atoms with Crippen molar-refractivity contribution in [2.45, 2.75) is 0 Å². The van der Waals surface area contributed by atoms with Gasteiger partial charge in [0, 0.05) is 0 Å². The molecule has 3 N–H and O–H groups in total. The predicted molar refractivity (Wildman–Crippen MR) is 18.2 cm³/mol. The van der Waals surface area contributed by atoms with E-state index in [0.717, 1.165) is 10.2 Å². The fourth-order valence-electron chi connectivity index (χ4n) is 0. The van der Waals surface area contributed by atoms with Gasteiger partial charge < -0.3 is 6.15 Å². The molecular weight excluding hydrogens is 128 g/mol. The quantitative estimate of drug-likeness (QED) is 0.391. The van der Waals surface area contributed by atoms with Gasteiger partial charge in [-0.05, 0) is 0 Å². The van der Waals surface area contributed by atoms with Crippen LogP contribution in [0.25, 0.3) is 0 Å². The van der Waals surface area contributed by atoms with E-state index in [4.69, 9.17) is 5.26 Å². The standard InChI is InChI=1S/CHNS.Fe.H3N/c2-1-3;;/h3H;;1H3/q;+1;/p-1. The van der Waals surface area contributed by atoms with Gasteiger partial charge in [0.2, 0.25) is 0 Å². The van der Waals surface area contributed by atoms with E-state index in [9.17, 15) is 0 Å². The molecule has 0 bridgehead atoms. The molecular formula is CH3FeN2S. The van der Waals surface area contributed by atoms with Crippen LogP contribution in [0.15, 0.2) is 0 Å². The van der Waals surface area contributed by atoms with Crippen molar-refractivity contribution in [1.82, 2.24) is 6.15 Å². The first-order chi connectivity index (χ1) is 1.91. The van der Waals surface area contributed by atoms with Crippen LogP contribution in [0, 0.1) is 10.7 Å². The van der Waals surface area contributed by atoms with Crippen molar-refractivity contribution >= 4 is 10.2 Å². The Labute approximate surface area is 42.4 Å². The summed E-state index contributed by atoms with van der Waals surface area (Å²) in [5.74, 6) is 0. The van der Waals surface area contributed by atoms with Crippen LogP contribution in [0.2, 0.25) is 0 Å². The third kappa shape index (κ3) is 13.3. The molecule has 0 heterocycles. The van der Waals surface area contributed by atoms with Gasteiger partial charge in [0.15, 0.2) is 0 Å². The molecule has 0 amide bonds. The van der Waals surface area contributed by atoms with Crippen molar-refractivity contribution in [1.29, 1.82) is 5.26 Å². The zero-order valence-electron chi connectivity index (χ0n) is 2.42. The second kappa shape index (κ2) is 8.85. The summed E-state index contributed by atoms with van der Waals surface area (Å²) in [5.41, 5.74) is 0. The zero-order valence-corrected chi connectivity index (χ0v) is 4.34. The molecule has 0 rings (SSSR count). The average Bonchev–Trinajstić information content (AvgIpc) is 1.37. The first kappa shape index (κ1) is 9.01. The first-order valence-electron chi connectivity index (χ1n) is 0.572. The van der Waals surface area contributed by atoms with Gasteiger partial charge in [-0.2, -0.15) is 0 Å². The van der Waals surface area contributed by atoms with Crippen LogP contribution in [0.5, 0.6) is 0 Å². The number of nitrogens with zero attached hydrogens (tertiary/aromatic N) is 1. The van der Waals surface area contributed by atoms with Crippen molar-refractivity contribution in [3.05, 3.63) is 0 Å². The van der Waals surface area contributed by atoms with Crippen LogP contribution < -0.4 is 6.15 Å². The molecule has 31 valence electrons. The molecule has 0 aliphatic heterocycles. The molecule has 0 atom stereocenters. The van der Waals surface area contributed by atoms with Gasteiger partial charge in [0.1, 0.15) is 0 Å². The van der Waals surface area contributed by atoms with Crippen LogP contribution >= 0.6 is 10.2 Å². The second-order valence-electron chi connectivity index (χ2n) is 0.163. The third-order valence-corrected chi connectivity index (χ3v) is 0.399. The fraction of sp³-hybridized carbons (Fsp3) is 0. The average molecular weight is 131 g/mol. The molecule has 0 spiro atoms. The Kier molecular flexibility index (Phi) is 15.9. The van der Waals surface area contributed by atoms with Crippen LogP contribution in [-0.4, -0.2) is 0 Å². The van der Waals surface area contributed by atoms with Crippen LogP contribution in [0.3, 0.4) is 0 Å². The molecule has 0 aliphatic rings. The number of hydrogen-bond acceptors (Lipinski definition) is 3. The topological polar surface area (TPSA) is 58.8 Å². The fourth-order valence-corrected chi connectivity index (χ4v) is 0. The van der Waals surface area contributed by atoms with E-state index < -0.39 is 0 Å². The molecule has 0 aromatic carbocycles. The van der Waals surface area contributed by atoms with Gasteiger partial charge in [-0.3, -0.25) is 0 Å². The summed E-state index contributed by atoms with van der Waals surface area (Å²) in [7, 11) is 0.912. The second-order valence-corrected chi connectivity index (χ2v) is 1.17. The molecule has 0 saturated heterocycles. The minimum absolute atomic E-state index is 0. The Hall–Kier alpha value is 0.319. The number of nitriles is 1. The number of thiocyanates is 1. The van der Waals surface area contributed by atoms with Crippen LogP contribution in [0.1, 0.15) is 0 Å². The van der Waals surface area contributed by atoms with Gasteiger partial charge in [-0.25, -0.2) is 0 Å². The minimum atomic E-state index is 0. The molecule has 2 nitrogen and oxygen atoms in total. The Morgan fingerprint density at radius 2 is 2.00 bits per heavy atom. The summed E-state index contributed by atoms with van der Waals surface area (Å²) >= 11 is 3.16. The summed E-state index contributed by atoms with van der Waals surface area (Å²) in [6.45, 7) is 0. The Morgan fingerprint density at radius 3 is 2.00 bits per heavy atom. The molecule has 0 fully saturated rings. The van der Waals surface area contributed by atoms with Crippen molar-refractivity contribution in [2.24, 2.45) is 0 Å². The van der Waals surface area contributed by atoms with Gasteiger partial charge in [-0.1, -0.05) is 0 Å². The number of rotatable bonds is 0. The van der Waals surface area contributed by atoms with Gasteiger partial charge in [0.05, 0.1) is 0 Å². The SMILES string of the molecule is N.N#C[S][Fe]. The van der Waals surface area contributed by atoms with E-state index >= 15 is 0 Å². The first-order valence-corrected chi connectivity index (χ1v) is 2.62. The van der Waals surface area contributed by atoms with Crippen LogP contribution in [-0.2, 0) is 14.9 Å². The molecule has 5 heavy (non-hydrogen) atoms. The summed E-state index contributed by atoms with van der Waals surface area (Å²) in [4.78, 5) is 0. The van der Waals surface area contributed by atoms with Crippen molar-refractivity contribution in [3.63, 3.8) is 0 Å². The zero-order chi connectivity index (χ0) is 3.41. The monoisotopic (exact) mass is 131 g/mol. The Bertz CT molecular complexity index is 39.4. The number of hydrogen-bond donors (Lipinski definition) is 1. The normalized spacial score (nSPS) is 4.00. The van der Waals surface area contributed by atoms with Crippen LogP contribution in [0.4, 0.5) is 0 Å². The van der Waals surface area contributed by atoms with E-state index in [0.29, 0.717) is 0 Å². The summed E-state index contributed by atoms with van der Waals surface area (Å²) < 4.78 is 0. The molecule has 4 heteroatoms. The Morgan fingerprint density at radius 1 is 1.80 bits per heavy atom. The molecule has 0 radical (unpaired) electrons. The summed E-state index contributed by atoms with van der Waals surface area (Å²) in [6.07, 6.45) is 0. The molecule has 0 unspecified atom stereocenters. The van der Waals surface area contributed by atoms with E-state index in [2.05, 4.69) is 14.9 Å². The van der Waals surface area contributed by atoms with Crippen molar-refractivity contribution in [3.8, 4) is 5.40 Å². The van der Waals surface area contributed by atoms with E-state index in [1.165, 1.54) is 0 Å². The third-order valence-electron chi connectivity index (χ3n) is 0.0323. The molecule has 0 saturated carbocycles.